The maximum atomic E-state index is 11.8. The van der Waals surface area contributed by atoms with Crippen LogP contribution in [0.3, 0.4) is 0 Å². The predicted molar refractivity (Wildman–Crippen MR) is 107 cm³/mol. The first-order valence-corrected chi connectivity index (χ1v) is 8.96. The lowest BCUT2D eigenvalue weighted by molar-refractivity contribution is -0.384. The third kappa shape index (κ3) is 7.97. The maximum Gasteiger partial charge on any atom is 0.306 e. The largest absolute Gasteiger partial charge is 0.456 e. The normalized spacial score (nSPS) is 10.1. The molecule has 2 N–H and O–H groups in total. The number of nitrogens with zero attached hydrogens (tertiary/aromatic N) is 1. The molecular formula is C19H18ClN3O6. The molecule has 2 amide bonds. The number of anilines is 2. The highest BCUT2D eigenvalue weighted by molar-refractivity contribution is 6.30. The number of carbonyl (C=O) groups is 3. The Morgan fingerprint density at radius 2 is 1.62 bits per heavy atom. The number of halogens is 1. The van der Waals surface area contributed by atoms with Gasteiger partial charge in [-0.3, -0.25) is 24.5 Å². The molecule has 0 unspecified atom stereocenters. The summed E-state index contributed by atoms with van der Waals surface area (Å²) in [5.41, 5.74) is 0.608. The van der Waals surface area contributed by atoms with Crippen LogP contribution in [0.4, 0.5) is 17.1 Å². The smallest absolute Gasteiger partial charge is 0.306 e. The molecule has 0 radical (unpaired) electrons. The van der Waals surface area contributed by atoms with Gasteiger partial charge in [-0.25, -0.2) is 0 Å². The van der Waals surface area contributed by atoms with Crippen LogP contribution in [0.2, 0.25) is 5.02 Å². The van der Waals surface area contributed by atoms with Crippen molar-refractivity contribution in [1.29, 1.82) is 0 Å². The van der Waals surface area contributed by atoms with Gasteiger partial charge >= 0.3 is 5.97 Å². The van der Waals surface area contributed by atoms with Crippen molar-refractivity contribution >= 4 is 46.4 Å². The molecule has 0 bridgehead atoms. The molecule has 0 aromatic heterocycles. The Bertz CT molecular complexity index is 918. The first-order chi connectivity index (χ1) is 13.8. The molecule has 0 aliphatic heterocycles. The summed E-state index contributed by atoms with van der Waals surface area (Å²) in [6.07, 6.45) is 0.312. The molecule has 29 heavy (non-hydrogen) atoms. The van der Waals surface area contributed by atoms with Crippen LogP contribution >= 0.6 is 11.6 Å². The molecule has 0 spiro atoms. The van der Waals surface area contributed by atoms with Crippen LogP contribution in [0.5, 0.6) is 0 Å². The molecule has 0 saturated heterocycles. The molecule has 10 heteroatoms. The standard InChI is InChI=1S/C19H18ClN3O6/c20-13-4-1-5-14(10-13)21-17(24)8-3-9-19(26)29-12-18(25)22-15-6-2-7-16(11-15)23(27)28/h1-2,4-7,10-11H,3,8-9,12H2,(H,21,24)(H,22,25). The second kappa shape index (κ2) is 10.8. The number of nitrogens with one attached hydrogen (secondary N) is 2. The molecule has 0 aliphatic carbocycles. The Morgan fingerprint density at radius 3 is 2.31 bits per heavy atom. The lowest BCUT2D eigenvalue weighted by Gasteiger charge is -2.07. The Labute approximate surface area is 171 Å². The minimum atomic E-state index is -0.630. The second-order valence-electron chi connectivity index (χ2n) is 5.93. The Morgan fingerprint density at radius 1 is 0.966 bits per heavy atom. The summed E-state index contributed by atoms with van der Waals surface area (Å²) in [6, 6.07) is 12.1. The molecular weight excluding hydrogens is 402 g/mol. The summed E-state index contributed by atoms with van der Waals surface area (Å²) in [5, 5.41) is 16.3. The number of non-ortho nitro benzene ring substituents is 1. The maximum absolute atomic E-state index is 11.8. The lowest BCUT2D eigenvalue weighted by Crippen LogP contribution is -2.21. The molecule has 2 aromatic rings. The van der Waals surface area contributed by atoms with Crippen molar-refractivity contribution in [2.24, 2.45) is 0 Å². The topological polar surface area (TPSA) is 128 Å². The van der Waals surface area contributed by atoms with Gasteiger partial charge in [0.25, 0.3) is 11.6 Å². The molecule has 0 saturated carbocycles. The van der Waals surface area contributed by atoms with E-state index in [-0.39, 0.29) is 36.5 Å². The lowest BCUT2D eigenvalue weighted by atomic mass is 10.2. The van der Waals surface area contributed by atoms with E-state index in [2.05, 4.69) is 10.6 Å². The zero-order valence-corrected chi connectivity index (χ0v) is 16.0. The summed E-state index contributed by atoms with van der Waals surface area (Å²) in [6.45, 7) is -0.532. The van der Waals surface area contributed by atoms with Crippen molar-refractivity contribution < 1.29 is 24.0 Å². The van der Waals surface area contributed by atoms with Gasteiger partial charge in [-0.05, 0) is 30.7 Å². The zero-order valence-electron chi connectivity index (χ0n) is 15.2. The number of hydrogen-bond donors (Lipinski definition) is 2. The van der Waals surface area contributed by atoms with Crippen LogP contribution in [0.15, 0.2) is 48.5 Å². The highest BCUT2D eigenvalue weighted by Gasteiger charge is 2.11. The van der Waals surface area contributed by atoms with Crippen LogP contribution < -0.4 is 10.6 Å². The first kappa shape index (κ1) is 21.8. The molecule has 0 heterocycles. The first-order valence-electron chi connectivity index (χ1n) is 8.59. The van der Waals surface area contributed by atoms with Crippen LogP contribution in [0.1, 0.15) is 19.3 Å². The van der Waals surface area contributed by atoms with E-state index in [4.69, 9.17) is 16.3 Å². The van der Waals surface area contributed by atoms with Gasteiger partial charge in [-0.2, -0.15) is 0 Å². The minimum absolute atomic E-state index is 0.0347. The van der Waals surface area contributed by atoms with Gasteiger partial charge in [-0.15, -0.1) is 0 Å². The average Bonchev–Trinajstić information content (AvgIpc) is 2.66. The van der Waals surface area contributed by atoms with Gasteiger partial charge in [0, 0.05) is 41.4 Å². The summed E-state index contributed by atoms with van der Waals surface area (Å²) in [5.74, 6) is -1.53. The van der Waals surface area contributed by atoms with E-state index in [1.165, 1.54) is 24.3 Å². The number of amides is 2. The third-order valence-electron chi connectivity index (χ3n) is 3.60. The number of benzene rings is 2. The third-order valence-corrected chi connectivity index (χ3v) is 3.83. The monoisotopic (exact) mass is 419 g/mol. The number of carbonyl (C=O) groups excluding carboxylic acids is 3. The highest BCUT2D eigenvalue weighted by atomic mass is 35.5. The fourth-order valence-electron chi connectivity index (χ4n) is 2.30. The fourth-order valence-corrected chi connectivity index (χ4v) is 2.49. The Hall–Kier alpha value is -3.46. The number of nitro benzene ring substituents is 1. The summed E-state index contributed by atoms with van der Waals surface area (Å²) in [7, 11) is 0. The SMILES string of the molecule is O=C(CCCC(=O)OCC(=O)Nc1cccc([N+](=O)[O-])c1)Nc1cccc(Cl)c1. The second-order valence-corrected chi connectivity index (χ2v) is 6.36. The number of rotatable bonds is 9. The van der Waals surface area contributed by atoms with Crippen LogP contribution in [-0.4, -0.2) is 29.3 Å². The predicted octanol–water partition coefficient (Wildman–Crippen LogP) is 3.54. The number of ether oxygens (including phenoxy) is 1. The van der Waals surface area contributed by atoms with E-state index < -0.39 is 23.4 Å². The van der Waals surface area contributed by atoms with Crippen molar-refractivity contribution in [2.45, 2.75) is 19.3 Å². The fraction of sp³-hybridized carbons (Fsp3) is 0.211. The van der Waals surface area contributed by atoms with E-state index in [0.29, 0.717) is 10.7 Å². The molecule has 0 aliphatic rings. The summed E-state index contributed by atoms with van der Waals surface area (Å²) >= 11 is 5.83. The molecule has 0 fully saturated rings. The number of nitro groups is 1. The summed E-state index contributed by atoms with van der Waals surface area (Å²) < 4.78 is 4.84. The van der Waals surface area contributed by atoms with Crippen molar-refractivity contribution in [2.75, 3.05) is 17.2 Å². The molecule has 152 valence electrons. The Balaban J connectivity index is 1.66. The molecule has 2 rings (SSSR count). The summed E-state index contributed by atoms with van der Waals surface area (Å²) in [4.78, 5) is 45.4. The molecule has 9 nitrogen and oxygen atoms in total. The van der Waals surface area contributed by atoms with Crippen molar-refractivity contribution in [3.63, 3.8) is 0 Å². The highest BCUT2D eigenvalue weighted by Crippen LogP contribution is 2.17. The van der Waals surface area contributed by atoms with Gasteiger partial charge < -0.3 is 15.4 Å². The molecule has 0 atom stereocenters. The van der Waals surface area contributed by atoms with Gasteiger partial charge in [0.1, 0.15) is 0 Å². The van der Waals surface area contributed by atoms with Gasteiger partial charge in [-0.1, -0.05) is 23.7 Å². The van der Waals surface area contributed by atoms with Gasteiger partial charge in [0.15, 0.2) is 6.61 Å². The van der Waals surface area contributed by atoms with Crippen molar-refractivity contribution in [3.05, 3.63) is 63.7 Å². The van der Waals surface area contributed by atoms with E-state index >= 15 is 0 Å². The van der Waals surface area contributed by atoms with Gasteiger partial charge in [0.2, 0.25) is 5.91 Å². The van der Waals surface area contributed by atoms with E-state index in [1.807, 2.05) is 0 Å². The van der Waals surface area contributed by atoms with Crippen molar-refractivity contribution in [1.82, 2.24) is 0 Å². The van der Waals surface area contributed by atoms with Crippen molar-refractivity contribution in [3.8, 4) is 0 Å². The van der Waals surface area contributed by atoms with Crippen LogP contribution in [0, 0.1) is 10.1 Å². The quantitative estimate of drug-likeness (QED) is 0.363. The molecule has 2 aromatic carbocycles. The Kier molecular flexibility index (Phi) is 8.11. The minimum Gasteiger partial charge on any atom is -0.456 e. The average molecular weight is 420 g/mol. The number of hydrogen-bond acceptors (Lipinski definition) is 6. The zero-order chi connectivity index (χ0) is 21.2. The van der Waals surface area contributed by atoms with Gasteiger partial charge in [0.05, 0.1) is 4.92 Å². The van der Waals surface area contributed by atoms with Crippen LogP contribution in [-0.2, 0) is 19.1 Å². The van der Waals surface area contributed by atoms with E-state index in [1.54, 1.807) is 24.3 Å². The number of esters is 1. The van der Waals surface area contributed by atoms with E-state index in [9.17, 15) is 24.5 Å². The van der Waals surface area contributed by atoms with Crippen LogP contribution in [0.25, 0.3) is 0 Å². The van der Waals surface area contributed by atoms with E-state index in [0.717, 1.165) is 0 Å².